The number of hydrogen-bond donors (Lipinski definition) is 2. The van der Waals surface area contributed by atoms with Gasteiger partial charge in [-0.2, -0.15) is 0 Å². The molecule has 0 aromatic heterocycles. The molecule has 184 valence electrons. The maximum atomic E-state index is 12.1. The average molecular weight is 508 g/mol. The number of likely N-dealkylation sites (N-methyl/N-ethyl adjacent to an activating group) is 1. The van der Waals surface area contributed by atoms with Gasteiger partial charge in [-0.1, -0.05) is 48.5 Å². The zero-order chi connectivity index (χ0) is 24.6. The van der Waals surface area contributed by atoms with Crippen LogP contribution in [-0.2, 0) is 11.3 Å². The summed E-state index contributed by atoms with van der Waals surface area (Å²) < 4.78 is 0. The summed E-state index contributed by atoms with van der Waals surface area (Å²) in [5.41, 5.74) is 4.93. The fourth-order valence-corrected chi connectivity index (χ4v) is 5.51. The third kappa shape index (κ3) is 7.58. The second-order valence-electron chi connectivity index (χ2n) is 9.15. The molecular weight excluding hydrogens is 474 g/mol. The van der Waals surface area contributed by atoms with E-state index in [0.29, 0.717) is 12.5 Å². The first kappa shape index (κ1) is 25.8. The Morgan fingerprint density at radius 3 is 2.31 bits per heavy atom. The summed E-state index contributed by atoms with van der Waals surface area (Å²) in [5.74, 6) is 0.545. The van der Waals surface area contributed by atoms with E-state index < -0.39 is 0 Å². The van der Waals surface area contributed by atoms with E-state index >= 15 is 0 Å². The van der Waals surface area contributed by atoms with Crippen LogP contribution in [0.25, 0.3) is 0 Å². The minimum absolute atomic E-state index is 0.00839. The van der Waals surface area contributed by atoms with Crippen molar-refractivity contribution >= 4 is 35.0 Å². The van der Waals surface area contributed by atoms with Crippen LogP contribution >= 0.6 is 23.4 Å². The quantitative estimate of drug-likeness (QED) is 0.337. The molecule has 6 heteroatoms. The van der Waals surface area contributed by atoms with Gasteiger partial charge in [0.05, 0.1) is 6.54 Å². The number of benzene rings is 3. The van der Waals surface area contributed by atoms with Crippen molar-refractivity contribution in [1.82, 2.24) is 10.2 Å². The third-order valence-electron chi connectivity index (χ3n) is 6.50. The van der Waals surface area contributed by atoms with Crippen LogP contribution in [-0.4, -0.2) is 37.0 Å². The van der Waals surface area contributed by atoms with Crippen LogP contribution in [0.5, 0.6) is 0 Å². The molecule has 1 aliphatic rings. The second-order valence-corrected chi connectivity index (χ2v) is 10.7. The maximum absolute atomic E-state index is 12.1. The van der Waals surface area contributed by atoms with E-state index in [1.807, 2.05) is 25.1 Å². The Bertz CT molecular complexity index is 1110. The van der Waals surface area contributed by atoms with Crippen molar-refractivity contribution in [2.24, 2.45) is 0 Å². The second kappa shape index (κ2) is 12.6. The first-order valence-corrected chi connectivity index (χ1v) is 13.6. The zero-order valence-electron chi connectivity index (χ0n) is 20.5. The summed E-state index contributed by atoms with van der Waals surface area (Å²) in [4.78, 5) is 17.1. The lowest BCUT2D eigenvalue weighted by Crippen LogP contribution is -2.32. The molecule has 1 aliphatic heterocycles. The van der Waals surface area contributed by atoms with Crippen LogP contribution in [0.4, 0.5) is 5.69 Å². The highest BCUT2D eigenvalue weighted by Crippen LogP contribution is 2.33. The molecule has 0 aliphatic carbocycles. The summed E-state index contributed by atoms with van der Waals surface area (Å²) in [6.07, 6.45) is 2.28. The normalized spacial score (nSPS) is 14.7. The van der Waals surface area contributed by atoms with E-state index in [-0.39, 0.29) is 5.91 Å². The molecule has 1 heterocycles. The van der Waals surface area contributed by atoms with E-state index in [4.69, 9.17) is 11.6 Å². The van der Waals surface area contributed by atoms with Gasteiger partial charge in [0.25, 0.3) is 0 Å². The van der Waals surface area contributed by atoms with E-state index in [0.717, 1.165) is 49.7 Å². The van der Waals surface area contributed by atoms with Gasteiger partial charge in [0.2, 0.25) is 5.91 Å². The average Bonchev–Trinajstić information content (AvgIpc) is 2.87. The molecule has 0 radical (unpaired) electrons. The van der Waals surface area contributed by atoms with Crippen LogP contribution in [0.2, 0.25) is 5.02 Å². The van der Waals surface area contributed by atoms with Crippen molar-refractivity contribution in [3.05, 3.63) is 88.4 Å². The highest BCUT2D eigenvalue weighted by Gasteiger charge is 2.22. The highest BCUT2D eigenvalue weighted by molar-refractivity contribution is 7.99. The predicted molar refractivity (Wildman–Crippen MR) is 148 cm³/mol. The number of amides is 1. The van der Waals surface area contributed by atoms with Crippen LogP contribution in [0.3, 0.4) is 0 Å². The minimum atomic E-state index is 0.00839. The SMILES string of the molecule is CCNCC(=O)Nc1ccc(C)c(C2CCN(Cc3ccc(Sc4ccc(Cl)cc4)cc3)CC2)c1. The number of carbonyl (C=O) groups is 1. The van der Waals surface area contributed by atoms with Gasteiger partial charge >= 0.3 is 0 Å². The maximum Gasteiger partial charge on any atom is 0.238 e. The van der Waals surface area contributed by atoms with Crippen LogP contribution in [0.15, 0.2) is 76.5 Å². The number of aryl methyl sites for hydroxylation is 1. The molecule has 0 unspecified atom stereocenters. The summed E-state index contributed by atoms with van der Waals surface area (Å²) in [6, 6.07) is 23.2. The number of carbonyl (C=O) groups excluding carboxylic acids is 1. The minimum Gasteiger partial charge on any atom is -0.325 e. The van der Waals surface area contributed by atoms with Crippen LogP contribution < -0.4 is 10.6 Å². The number of likely N-dealkylation sites (tertiary alicyclic amines) is 1. The summed E-state index contributed by atoms with van der Waals surface area (Å²) in [7, 11) is 0. The van der Waals surface area contributed by atoms with Crippen molar-refractivity contribution in [2.75, 3.05) is 31.5 Å². The van der Waals surface area contributed by atoms with Crippen molar-refractivity contribution in [3.8, 4) is 0 Å². The Morgan fingerprint density at radius 2 is 1.66 bits per heavy atom. The van der Waals surface area contributed by atoms with Gasteiger partial charge in [-0.3, -0.25) is 9.69 Å². The molecule has 0 bridgehead atoms. The van der Waals surface area contributed by atoms with Crippen molar-refractivity contribution in [2.45, 2.75) is 48.9 Å². The van der Waals surface area contributed by atoms with Gasteiger partial charge < -0.3 is 10.6 Å². The smallest absolute Gasteiger partial charge is 0.238 e. The fourth-order valence-electron chi connectivity index (χ4n) is 4.56. The fraction of sp³-hybridized carbons (Fsp3) is 0.345. The molecule has 3 aromatic carbocycles. The highest BCUT2D eigenvalue weighted by atomic mass is 35.5. The number of hydrogen-bond acceptors (Lipinski definition) is 4. The lowest BCUT2D eigenvalue weighted by molar-refractivity contribution is -0.115. The predicted octanol–water partition coefficient (Wildman–Crippen LogP) is 6.73. The number of nitrogens with one attached hydrogen (secondary N) is 2. The third-order valence-corrected chi connectivity index (χ3v) is 7.77. The summed E-state index contributed by atoms with van der Waals surface area (Å²) in [5, 5.41) is 6.87. The Balaban J connectivity index is 1.29. The van der Waals surface area contributed by atoms with Gasteiger partial charge in [-0.15, -0.1) is 0 Å². The molecule has 2 N–H and O–H groups in total. The molecule has 1 amide bonds. The number of anilines is 1. The van der Waals surface area contributed by atoms with Gasteiger partial charge in [-0.25, -0.2) is 0 Å². The van der Waals surface area contributed by atoms with Gasteiger partial charge in [-0.05, 0) is 111 Å². The van der Waals surface area contributed by atoms with Gasteiger partial charge in [0.1, 0.15) is 0 Å². The van der Waals surface area contributed by atoms with Gasteiger partial charge in [0, 0.05) is 27.0 Å². The first-order valence-electron chi connectivity index (χ1n) is 12.4. The van der Waals surface area contributed by atoms with E-state index in [1.54, 1.807) is 11.8 Å². The molecule has 0 atom stereocenters. The lowest BCUT2D eigenvalue weighted by Gasteiger charge is -2.33. The number of piperidine rings is 1. The molecule has 1 fully saturated rings. The van der Waals surface area contributed by atoms with Crippen molar-refractivity contribution < 1.29 is 4.79 Å². The molecule has 3 aromatic rings. The molecule has 1 saturated heterocycles. The van der Waals surface area contributed by atoms with Crippen LogP contribution in [0.1, 0.15) is 42.4 Å². The number of nitrogens with zero attached hydrogens (tertiary/aromatic N) is 1. The van der Waals surface area contributed by atoms with E-state index in [1.165, 1.54) is 26.5 Å². The number of halogens is 1. The number of rotatable bonds is 9. The van der Waals surface area contributed by atoms with Crippen molar-refractivity contribution in [1.29, 1.82) is 0 Å². The molecule has 4 nitrogen and oxygen atoms in total. The van der Waals surface area contributed by atoms with Crippen molar-refractivity contribution in [3.63, 3.8) is 0 Å². The molecule has 35 heavy (non-hydrogen) atoms. The summed E-state index contributed by atoms with van der Waals surface area (Å²) in [6.45, 7) is 8.47. The molecular formula is C29H34ClN3OS. The Hall–Kier alpha value is -2.31. The Morgan fingerprint density at radius 1 is 1.00 bits per heavy atom. The standard InChI is InChI=1S/C29H34ClN3OS/c1-3-31-19-29(34)32-25-9-4-21(2)28(18-25)23-14-16-33(17-15-23)20-22-5-10-26(11-6-22)35-27-12-7-24(30)8-13-27/h4-13,18,23,31H,3,14-17,19-20H2,1-2H3,(H,32,34). The first-order chi connectivity index (χ1) is 17.0. The van der Waals surface area contributed by atoms with E-state index in [2.05, 4.69) is 71.0 Å². The molecule has 4 rings (SSSR count). The Labute approximate surface area is 218 Å². The zero-order valence-corrected chi connectivity index (χ0v) is 22.1. The topological polar surface area (TPSA) is 44.4 Å². The summed E-state index contributed by atoms with van der Waals surface area (Å²) >= 11 is 7.75. The van der Waals surface area contributed by atoms with Gasteiger partial charge in [0.15, 0.2) is 0 Å². The van der Waals surface area contributed by atoms with Crippen LogP contribution in [0, 0.1) is 6.92 Å². The largest absolute Gasteiger partial charge is 0.325 e. The Kier molecular flexibility index (Phi) is 9.27. The monoisotopic (exact) mass is 507 g/mol. The van der Waals surface area contributed by atoms with E-state index in [9.17, 15) is 4.79 Å². The lowest BCUT2D eigenvalue weighted by atomic mass is 9.86. The molecule has 0 spiro atoms. The molecule has 0 saturated carbocycles.